The highest BCUT2D eigenvalue weighted by Crippen LogP contribution is 2.23. The number of amides is 1. The molecule has 1 fully saturated rings. The van der Waals surface area contributed by atoms with Gasteiger partial charge in [-0.25, -0.2) is 9.97 Å². The highest BCUT2D eigenvalue weighted by molar-refractivity contribution is 5.95. The van der Waals surface area contributed by atoms with Crippen LogP contribution in [0.25, 0.3) is 0 Å². The van der Waals surface area contributed by atoms with Gasteiger partial charge in [0.05, 0.1) is 12.1 Å². The molecule has 7 heteroatoms. The summed E-state index contributed by atoms with van der Waals surface area (Å²) in [5.74, 6) is 0.664. The molecule has 0 radical (unpaired) electrons. The number of para-hydroxylation sites is 1. The van der Waals surface area contributed by atoms with Crippen molar-refractivity contribution < 1.29 is 9.90 Å². The van der Waals surface area contributed by atoms with Crippen molar-refractivity contribution >= 4 is 17.5 Å². The smallest absolute Gasteiger partial charge is 0.241 e. The third kappa shape index (κ3) is 4.17. The summed E-state index contributed by atoms with van der Waals surface area (Å²) in [6.07, 6.45) is 2.85. The lowest BCUT2D eigenvalue weighted by molar-refractivity contribution is -0.120. The zero-order chi connectivity index (χ0) is 18.5. The molecule has 0 bridgehead atoms. The summed E-state index contributed by atoms with van der Waals surface area (Å²) >= 11 is 0. The maximum atomic E-state index is 12.7. The molecule has 0 aliphatic carbocycles. The van der Waals surface area contributed by atoms with Gasteiger partial charge >= 0.3 is 0 Å². The summed E-state index contributed by atoms with van der Waals surface area (Å²) in [6.45, 7) is 6.71. The number of hydrogen-bond acceptors (Lipinski definition) is 6. The molecular weight excluding hydrogens is 330 g/mol. The van der Waals surface area contributed by atoms with Crippen LogP contribution in [0.3, 0.4) is 0 Å². The summed E-state index contributed by atoms with van der Waals surface area (Å²) in [5.41, 5.74) is 1.38. The van der Waals surface area contributed by atoms with Crippen LogP contribution in [0, 0.1) is 0 Å². The van der Waals surface area contributed by atoms with Gasteiger partial charge < -0.3 is 15.3 Å². The maximum absolute atomic E-state index is 12.7. The molecule has 2 atom stereocenters. The molecule has 7 nitrogen and oxygen atoms in total. The summed E-state index contributed by atoms with van der Waals surface area (Å²) in [5, 5.41) is 12.8. The number of carbonyl (C=O) groups is 1. The molecule has 0 spiro atoms. The molecule has 1 saturated heterocycles. The van der Waals surface area contributed by atoms with Crippen LogP contribution in [0.1, 0.15) is 25.5 Å². The van der Waals surface area contributed by atoms with E-state index in [4.69, 9.17) is 0 Å². The van der Waals surface area contributed by atoms with Gasteiger partial charge in [-0.2, -0.15) is 0 Å². The van der Waals surface area contributed by atoms with Crippen molar-refractivity contribution in [3.05, 3.63) is 48.3 Å². The number of aliphatic hydroxyl groups excluding tert-OH is 1. The molecule has 0 saturated carbocycles. The van der Waals surface area contributed by atoms with Gasteiger partial charge in [-0.05, 0) is 26.0 Å². The highest BCUT2D eigenvalue weighted by atomic mass is 16.3. The van der Waals surface area contributed by atoms with Crippen LogP contribution in [-0.4, -0.2) is 58.1 Å². The van der Waals surface area contributed by atoms with Crippen molar-refractivity contribution in [1.29, 1.82) is 0 Å². The molecular formula is C19H25N5O2. The van der Waals surface area contributed by atoms with Crippen molar-refractivity contribution in [2.75, 3.05) is 36.4 Å². The standard InChI is InChI=1S/C19H25N5O2/c1-14(18(26)22-17-7-4-3-6-16(17)15(2)25)23-10-12-24(13-11-23)19-20-8-5-9-21-19/h3-9,14-15,25H,10-13H2,1-2H3,(H,22,26)/t14-,15-/m0/s1. The molecule has 26 heavy (non-hydrogen) atoms. The fraction of sp³-hybridized carbons (Fsp3) is 0.421. The SMILES string of the molecule is C[C@H](O)c1ccccc1NC(=O)[C@H](C)N1CCN(c2ncccn2)CC1. The van der Waals surface area contributed by atoms with E-state index in [9.17, 15) is 9.90 Å². The second kappa shape index (κ2) is 8.25. The average Bonchev–Trinajstić information content (AvgIpc) is 2.68. The number of nitrogens with zero attached hydrogens (tertiary/aromatic N) is 4. The number of piperazine rings is 1. The lowest BCUT2D eigenvalue weighted by atomic mass is 10.1. The zero-order valence-electron chi connectivity index (χ0n) is 15.2. The van der Waals surface area contributed by atoms with Gasteiger partial charge in [0.2, 0.25) is 11.9 Å². The van der Waals surface area contributed by atoms with Crippen molar-refractivity contribution in [2.45, 2.75) is 26.0 Å². The van der Waals surface area contributed by atoms with E-state index < -0.39 is 6.10 Å². The quantitative estimate of drug-likeness (QED) is 0.849. The predicted molar refractivity (Wildman–Crippen MR) is 101 cm³/mol. The van der Waals surface area contributed by atoms with Gasteiger partial charge in [0.25, 0.3) is 0 Å². The van der Waals surface area contributed by atoms with Crippen LogP contribution < -0.4 is 10.2 Å². The first-order chi connectivity index (χ1) is 12.6. The second-order valence-electron chi connectivity index (χ2n) is 6.50. The van der Waals surface area contributed by atoms with E-state index in [1.165, 1.54) is 0 Å². The predicted octanol–water partition coefficient (Wildman–Crippen LogP) is 1.68. The van der Waals surface area contributed by atoms with Crippen molar-refractivity contribution in [3.8, 4) is 0 Å². The van der Waals surface area contributed by atoms with E-state index in [1.54, 1.807) is 25.4 Å². The number of rotatable bonds is 5. The van der Waals surface area contributed by atoms with Crippen LogP contribution in [0.5, 0.6) is 0 Å². The van der Waals surface area contributed by atoms with Gasteiger partial charge in [0.15, 0.2) is 0 Å². The number of hydrogen-bond donors (Lipinski definition) is 2. The zero-order valence-corrected chi connectivity index (χ0v) is 15.2. The third-order valence-electron chi connectivity index (χ3n) is 4.75. The molecule has 1 aromatic heterocycles. The molecule has 1 amide bonds. The summed E-state index contributed by atoms with van der Waals surface area (Å²) in [6, 6.07) is 8.89. The topological polar surface area (TPSA) is 81.6 Å². The number of carbonyl (C=O) groups excluding carboxylic acids is 1. The number of nitrogens with one attached hydrogen (secondary N) is 1. The Hall–Kier alpha value is -2.51. The lowest BCUT2D eigenvalue weighted by Gasteiger charge is -2.37. The van der Waals surface area contributed by atoms with Gasteiger partial charge in [-0.3, -0.25) is 9.69 Å². The van der Waals surface area contributed by atoms with E-state index >= 15 is 0 Å². The van der Waals surface area contributed by atoms with E-state index in [2.05, 4.69) is 25.1 Å². The van der Waals surface area contributed by atoms with Crippen molar-refractivity contribution in [2.24, 2.45) is 0 Å². The van der Waals surface area contributed by atoms with Gasteiger partial charge in [-0.15, -0.1) is 0 Å². The van der Waals surface area contributed by atoms with Crippen molar-refractivity contribution in [3.63, 3.8) is 0 Å². The number of anilines is 2. The van der Waals surface area contributed by atoms with Crippen LogP contribution in [0.15, 0.2) is 42.7 Å². The minimum Gasteiger partial charge on any atom is -0.389 e. The third-order valence-corrected chi connectivity index (χ3v) is 4.75. The first-order valence-corrected chi connectivity index (χ1v) is 8.90. The van der Waals surface area contributed by atoms with E-state index in [1.807, 2.05) is 31.2 Å². The minimum atomic E-state index is -0.628. The average molecular weight is 355 g/mol. The minimum absolute atomic E-state index is 0.0671. The number of benzene rings is 1. The Morgan fingerprint density at radius 3 is 2.38 bits per heavy atom. The number of aromatic nitrogens is 2. The summed E-state index contributed by atoms with van der Waals surface area (Å²) in [7, 11) is 0. The summed E-state index contributed by atoms with van der Waals surface area (Å²) in [4.78, 5) is 25.5. The Morgan fingerprint density at radius 1 is 1.08 bits per heavy atom. The number of aliphatic hydroxyl groups is 1. The molecule has 1 aromatic carbocycles. The Bertz CT molecular complexity index is 730. The maximum Gasteiger partial charge on any atom is 0.241 e. The molecule has 2 heterocycles. The molecule has 2 N–H and O–H groups in total. The van der Waals surface area contributed by atoms with Gasteiger partial charge in [0, 0.05) is 49.8 Å². The fourth-order valence-electron chi connectivity index (χ4n) is 3.14. The Kier molecular flexibility index (Phi) is 5.80. The highest BCUT2D eigenvalue weighted by Gasteiger charge is 2.27. The molecule has 138 valence electrons. The lowest BCUT2D eigenvalue weighted by Crippen LogP contribution is -2.53. The first-order valence-electron chi connectivity index (χ1n) is 8.90. The van der Waals surface area contributed by atoms with Crippen molar-refractivity contribution in [1.82, 2.24) is 14.9 Å². The Balaban J connectivity index is 1.58. The first kappa shape index (κ1) is 18.3. The van der Waals surface area contributed by atoms with Crippen LogP contribution in [0.4, 0.5) is 11.6 Å². The Labute approximate surface area is 153 Å². The summed E-state index contributed by atoms with van der Waals surface area (Å²) < 4.78 is 0. The normalized spacial score (nSPS) is 17.6. The van der Waals surface area contributed by atoms with Gasteiger partial charge in [0.1, 0.15) is 0 Å². The fourth-order valence-corrected chi connectivity index (χ4v) is 3.14. The van der Waals surface area contributed by atoms with E-state index in [0.717, 1.165) is 37.7 Å². The van der Waals surface area contributed by atoms with Crippen LogP contribution in [0.2, 0.25) is 0 Å². The van der Waals surface area contributed by atoms with Crippen LogP contribution in [-0.2, 0) is 4.79 Å². The molecule has 0 unspecified atom stereocenters. The molecule has 1 aliphatic heterocycles. The second-order valence-corrected chi connectivity index (χ2v) is 6.50. The largest absolute Gasteiger partial charge is 0.389 e. The molecule has 2 aromatic rings. The Morgan fingerprint density at radius 2 is 1.73 bits per heavy atom. The molecule has 3 rings (SSSR count). The van der Waals surface area contributed by atoms with Gasteiger partial charge in [-0.1, -0.05) is 18.2 Å². The van der Waals surface area contributed by atoms with E-state index in [-0.39, 0.29) is 11.9 Å². The van der Waals surface area contributed by atoms with E-state index in [0.29, 0.717) is 5.69 Å². The monoisotopic (exact) mass is 355 g/mol. The van der Waals surface area contributed by atoms with Crippen LogP contribution >= 0.6 is 0 Å². The molecule has 1 aliphatic rings.